The number of ether oxygens (including phenoxy) is 4. The lowest BCUT2D eigenvalue weighted by Crippen LogP contribution is -2.60. The molecule has 4 rings (SSSR count). The molecule has 39 heavy (non-hydrogen) atoms. The average Bonchev–Trinajstić information content (AvgIpc) is 3.23. The molecule has 0 amide bonds. The standard InChI is InChI=1S/C27H40O12/c1-13(5-6-26(34)27(35)18(29)12-36-22(27)23(33)39-26)7-15-8-14(2)9-16(10-25(15,3)4)37-24-21(32)20(31)19(30)17(11-28)38-24/h5,7-8,16-22,24,28-32,34-35H,6,9-12H2,1-4H3/b13-5+,15-7?. The normalized spacial score (nSPS) is 45.6. The highest BCUT2D eigenvalue weighted by Gasteiger charge is 2.73. The number of carbonyl (C=O) groups excluding carboxylic acids is 1. The fraction of sp³-hybridized carbons (Fsp3) is 0.741. The molecule has 10 unspecified atom stereocenters. The van der Waals surface area contributed by atoms with Crippen LogP contribution in [0, 0.1) is 5.41 Å². The Bertz CT molecular complexity index is 1030. The molecule has 0 radical (unpaired) electrons. The van der Waals surface area contributed by atoms with Crippen molar-refractivity contribution in [3.05, 3.63) is 34.9 Å². The first-order chi connectivity index (χ1) is 18.1. The first-order valence-corrected chi connectivity index (χ1v) is 13.1. The molecule has 3 fully saturated rings. The molecule has 3 heterocycles. The number of aliphatic hydroxyl groups excluding tert-OH is 5. The first kappa shape index (κ1) is 30.3. The minimum absolute atomic E-state index is 0.270. The Kier molecular flexibility index (Phi) is 8.48. The van der Waals surface area contributed by atoms with Crippen LogP contribution in [0.4, 0.5) is 0 Å². The van der Waals surface area contributed by atoms with Gasteiger partial charge in [-0.3, -0.25) is 0 Å². The van der Waals surface area contributed by atoms with Crippen molar-refractivity contribution in [2.24, 2.45) is 5.41 Å². The summed E-state index contributed by atoms with van der Waals surface area (Å²) in [5.74, 6) is -3.28. The Labute approximate surface area is 226 Å². The molecule has 4 aliphatic rings. The number of hydrogen-bond donors (Lipinski definition) is 7. The predicted octanol–water partition coefficient (Wildman–Crippen LogP) is -1.06. The Morgan fingerprint density at radius 2 is 1.85 bits per heavy atom. The van der Waals surface area contributed by atoms with Gasteiger partial charge in [0.25, 0.3) is 0 Å². The van der Waals surface area contributed by atoms with E-state index >= 15 is 0 Å². The number of aliphatic hydroxyl groups is 7. The summed E-state index contributed by atoms with van der Waals surface area (Å²) in [6, 6.07) is 0. The van der Waals surface area contributed by atoms with Crippen molar-refractivity contribution in [1.29, 1.82) is 0 Å². The van der Waals surface area contributed by atoms with Crippen LogP contribution >= 0.6 is 0 Å². The third-order valence-corrected chi connectivity index (χ3v) is 8.17. The second-order valence-electron chi connectivity index (χ2n) is 11.8. The van der Waals surface area contributed by atoms with Gasteiger partial charge in [-0.25, -0.2) is 4.79 Å². The summed E-state index contributed by atoms with van der Waals surface area (Å²) in [5, 5.41) is 72.1. The highest BCUT2D eigenvalue weighted by molar-refractivity contribution is 5.80. The highest BCUT2D eigenvalue weighted by Crippen LogP contribution is 2.46. The minimum atomic E-state index is -2.35. The Morgan fingerprint density at radius 3 is 2.51 bits per heavy atom. The van der Waals surface area contributed by atoms with Gasteiger partial charge in [-0.05, 0) is 37.7 Å². The van der Waals surface area contributed by atoms with Crippen molar-refractivity contribution in [3.8, 4) is 0 Å². The van der Waals surface area contributed by atoms with Crippen LogP contribution in [0.25, 0.3) is 0 Å². The van der Waals surface area contributed by atoms with Gasteiger partial charge in [-0.2, -0.15) is 0 Å². The lowest BCUT2D eigenvalue weighted by molar-refractivity contribution is -0.312. The molecule has 0 aromatic rings. The van der Waals surface area contributed by atoms with Crippen molar-refractivity contribution in [2.75, 3.05) is 13.2 Å². The van der Waals surface area contributed by atoms with Crippen molar-refractivity contribution in [2.45, 2.75) is 107 Å². The second-order valence-corrected chi connectivity index (χ2v) is 11.8. The van der Waals surface area contributed by atoms with Crippen LogP contribution < -0.4 is 0 Å². The zero-order valence-corrected chi connectivity index (χ0v) is 22.6. The molecule has 220 valence electrons. The number of carbonyl (C=O) groups is 1. The molecule has 0 aromatic heterocycles. The molecule has 1 aliphatic carbocycles. The molecule has 12 heteroatoms. The third kappa shape index (κ3) is 5.47. The zero-order valence-electron chi connectivity index (χ0n) is 22.6. The van der Waals surface area contributed by atoms with Crippen LogP contribution in [0.15, 0.2) is 34.9 Å². The molecule has 0 saturated carbocycles. The van der Waals surface area contributed by atoms with Crippen LogP contribution in [0.5, 0.6) is 0 Å². The number of fused-ring (bicyclic) bond motifs is 1. The first-order valence-electron chi connectivity index (χ1n) is 13.1. The summed E-state index contributed by atoms with van der Waals surface area (Å²) in [6.45, 7) is 6.90. The summed E-state index contributed by atoms with van der Waals surface area (Å²) in [5.41, 5.74) is -0.103. The number of esters is 1. The average molecular weight is 557 g/mol. The number of cyclic esters (lactones) is 1. The van der Waals surface area contributed by atoms with Gasteiger partial charge in [0, 0.05) is 6.42 Å². The molecular formula is C27H40O12. The van der Waals surface area contributed by atoms with Crippen LogP contribution in [0.1, 0.15) is 47.0 Å². The van der Waals surface area contributed by atoms with E-state index < -0.39 is 78.4 Å². The van der Waals surface area contributed by atoms with E-state index in [1.165, 1.54) is 0 Å². The summed E-state index contributed by atoms with van der Waals surface area (Å²) >= 11 is 0. The Morgan fingerprint density at radius 1 is 1.15 bits per heavy atom. The fourth-order valence-corrected chi connectivity index (χ4v) is 5.78. The molecule has 7 N–H and O–H groups in total. The number of allylic oxidation sites excluding steroid dienone is 4. The summed E-state index contributed by atoms with van der Waals surface area (Å²) in [6.07, 6.45) is -3.90. The summed E-state index contributed by atoms with van der Waals surface area (Å²) in [7, 11) is 0. The van der Waals surface area contributed by atoms with Crippen LogP contribution in [-0.4, -0.2) is 115 Å². The van der Waals surface area contributed by atoms with E-state index in [1.807, 2.05) is 32.9 Å². The number of rotatable bonds is 6. The maximum absolute atomic E-state index is 12.1. The number of hydrogen-bond acceptors (Lipinski definition) is 12. The van der Waals surface area contributed by atoms with Crippen LogP contribution in [0.3, 0.4) is 0 Å². The topological polar surface area (TPSA) is 196 Å². The second kappa shape index (κ2) is 10.9. The molecule has 3 aliphatic heterocycles. The van der Waals surface area contributed by atoms with E-state index in [4.69, 9.17) is 18.9 Å². The summed E-state index contributed by atoms with van der Waals surface area (Å²) < 4.78 is 21.7. The molecule has 12 nitrogen and oxygen atoms in total. The maximum atomic E-state index is 12.1. The van der Waals surface area contributed by atoms with Crippen molar-refractivity contribution < 1.29 is 59.5 Å². The Hall–Kier alpha value is -1.71. The van der Waals surface area contributed by atoms with Gasteiger partial charge in [-0.1, -0.05) is 43.2 Å². The van der Waals surface area contributed by atoms with E-state index in [1.54, 1.807) is 13.0 Å². The molecule has 0 aromatic carbocycles. The quantitative estimate of drug-likeness (QED) is 0.196. The van der Waals surface area contributed by atoms with Crippen molar-refractivity contribution in [3.63, 3.8) is 0 Å². The largest absolute Gasteiger partial charge is 0.427 e. The van der Waals surface area contributed by atoms with Gasteiger partial charge in [0.05, 0.1) is 19.3 Å². The summed E-state index contributed by atoms with van der Waals surface area (Å²) in [4.78, 5) is 12.1. The van der Waals surface area contributed by atoms with E-state index in [2.05, 4.69) is 0 Å². The molecule has 0 bridgehead atoms. The van der Waals surface area contributed by atoms with Crippen molar-refractivity contribution >= 4 is 5.97 Å². The molecule has 10 atom stereocenters. The SMILES string of the molecule is CC1=CC(=C/C(C)=C/CC2(O)OC(=O)C3OCC(O)C32O)C(C)(C)CC(OC2OC(CO)C(O)C(O)C2O)C1. The van der Waals surface area contributed by atoms with Gasteiger partial charge >= 0.3 is 5.97 Å². The van der Waals surface area contributed by atoms with Gasteiger partial charge in [0.2, 0.25) is 5.79 Å². The van der Waals surface area contributed by atoms with Gasteiger partial charge in [-0.15, -0.1) is 0 Å². The van der Waals surface area contributed by atoms with E-state index in [-0.39, 0.29) is 13.0 Å². The van der Waals surface area contributed by atoms with E-state index in [9.17, 15) is 40.5 Å². The smallest absolute Gasteiger partial charge is 0.341 e. The molecular weight excluding hydrogens is 516 g/mol. The molecule has 0 spiro atoms. The van der Waals surface area contributed by atoms with Crippen LogP contribution in [0.2, 0.25) is 0 Å². The van der Waals surface area contributed by atoms with E-state index in [0.717, 1.165) is 11.1 Å². The fourth-order valence-electron chi connectivity index (χ4n) is 5.78. The third-order valence-electron chi connectivity index (χ3n) is 8.17. The van der Waals surface area contributed by atoms with Gasteiger partial charge in [0.1, 0.15) is 30.5 Å². The molecule has 3 saturated heterocycles. The lowest BCUT2D eigenvalue weighted by Gasteiger charge is -2.41. The predicted molar refractivity (Wildman–Crippen MR) is 134 cm³/mol. The minimum Gasteiger partial charge on any atom is -0.427 e. The highest BCUT2D eigenvalue weighted by atomic mass is 16.7. The van der Waals surface area contributed by atoms with Crippen LogP contribution in [-0.2, 0) is 23.7 Å². The zero-order chi connectivity index (χ0) is 28.9. The van der Waals surface area contributed by atoms with Crippen molar-refractivity contribution in [1.82, 2.24) is 0 Å². The van der Waals surface area contributed by atoms with E-state index in [0.29, 0.717) is 18.4 Å². The maximum Gasteiger partial charge on any atom is 0.341 e. The lowest BCUT2D eigenvalue weighted by atomic mass is 9.79. The van der Waals surface area contributed by atoms with Gasteiger partial charge < -0.3 is 54.7 Å². The Balaban J connectivity index is 1.49. The van der Waals surface area contributed by atoms with Gasteiger partial charge in [0.15, 0.2) is 18.0 Å². The monoisotopic (exact) mass is 556 g/mol.